The van der Waals surface area contributed by atoms with E-state index in [1.54, 1.807) is 24.3 Å². The van der Waals surface area contributed by atoms with E-state index < -0.39 is 49.4 Å². The zero-order chi connectivity index (χ0) is 30.0. The van der Waals surface area contributed by atoms with Crippen LogP contribution in [0.25, 0.3) is 11.8 Å². The van der Waals surface area contributed by atoms with Gasteiger partial charge in [-0.25, -0.2) is 4.79 Å². The molecule has 5 rings (SSSR count). The highest BCUT2D eigenvalue weighted by molar-refractivity contribution is 5.87. The molecule has 1 saturated heterocycles. The molecule has 6 unspecified atom stereocenters. The van der Waals surface area contributed by atoms with Crippen molar-refractivity contribution in [3.63, 3.8) is 0 Å². The number of hydrogen-bond donors (Lipinski definition) is 7. The molecule has 2 aromatic rings. The van der Waals surface area contributed by atoms with Gasteiger partial charge < -0.3 is 54.7 Å². The molecule has 12 heteroatoms. The van der Waals surface area contributed by atoms with E-state index in [1.165, 1.54) is 42.5 Å². The highest BCUT2D eigenvalue weighted by atomic mass is 16.7. The van der Waals surface area contributed by atoms with Crippen molar-refractivity contribution < 1.29 is 59.5 Å². The summed E-state index contributed by atoms with van der Waals surface area (Å²) in [7, 11) is 0. The van der Waals surface area contributed by atoms with Crippen LogP contribution in [0.4, 0.5) is 0 Å². The van der Waals surface area contributed by atoms with E-state index in [0.717, 1.165) is 12.2 Å². The quantitative estimate of drug-likeness (QED) is 0.142. The molecular weight excluding hydrogens is 552 g/mol. The molecule has 220 valence electrons. The normalized spacial score (nSPS) is 27.4. The Labute approximate surface area is 239 Å². The Hall–Kier alpha value is -4.75. The molecule has 0 spiro atoms. The summed E-state index contributed by atoms with van der Waals surface area (Å²) in [5.74, 6) is -0.910. The van der Waals surface area contributed by atoms with Gasteiger partial charge in [0.25, 0.3) is 0 Å². The van der Waals surface area contributed by atoms with Crippen molar-refractivity contribution >= 4 is 17.8 Å². The number of carbonyl (C=O) groups excluding carboxylic acids is 1. The maximum absolute atomic E-state index is 12.3. The van der Waals surface area contributed by atoms with Gasteiger partial charge in [-0.3, -0.25) is 0 Å². The van der Waals surface area contributed by atoms with Gasteiger partial charge in [0.1, 0.15) is 54.0 Å². The Balaban J connectivity index is 1.34. The van der Waals surface area contributed by atoms with Crippen LogP contribution in [0.3, 0.4) is 0 Å². The standard InChI is InChI=1S/C30H28O12/c31-17-6-1-15(2-7-17)3-10-25(35)39-14-24-26(36)27(37)28(38)30(42-24)41-23-13-20-21(34)11-19(33)12-22(20)40-29(23)16-4-8-18(32)9-5-16/h1-13,22,24,26-28,30-34,36-38H,14H2/p+1. The van der Waals surface area contributed by atoms with E-state index in [1.807, 2.05) is 0 Å². The number of carbonyl (C=O) groups is 1. The molecule has 8 N–H and O–H groups in total. The number of aromatic hydroxyl groups is 2. The molecule has 0 bridgehead atoms. The number of esters is 1. The minimum atomic E-state index is -1.73. The Bertz CT molecular complexity index is 1470. The molecule has 0 aromatic heterocycles. The van der Waals surface area contributed by atoms with E-state index in [-0.39, 0.29) is 40.1 Å². The summed E-state index contributed by atoms with van der Waals surface area (Å²) in [5, 5.41) is 71.1. The van der Waals surface area contributed by atoms with Gasteiger partial charge in [-0.05, 0) is 48.0 Å². The Kier molecular flexibility index (Phi) is 8.22. The molecule has 0 radical (unpaired) electrons. The lowest BCUT2D eigenvalue weighted by Crippen LogP contribution is -2.59. The number of benzene rings is 2. The van der Waals surface area contributed by atoms with Crippen LogP contribution in [0.2, 0.25) is 0 Å². The fourth-order valence-electron chi connectivity index (χ4n) is 4.52. The maximum atomic E-state index is 12.3. The lowest BCUT2D eigenvalue weighted by atomic mass is 9.97. The highest BCUT2D eigenvalue weighted by Crippen LogP contribution is 2.36. The number of fused-ring (bicyclic) bond motifs is 1. The van der Waals surface area contributed by atoms with Crippen LogP contribution in [0.15, 0.2) is 95.7 Å². The van der Waals surface area contributed by atoms with Gasteiger partial charge in [0.2, 0.25) is 18.2 Å². The van der Waals surface area contributed by atoms with Gasteiger partial charge in [0, 0.05) is 18.2 Å². The molecule has 0 saturated carbocycles. The Morgan fingerprint density at radius 1 is 0.881 bits per heavy atom. The minimum Gasteiger partial charge on any atom is -0.571 e. The minimum absolute atomic E-state index is 0.00286. The van der Waals surface area contributed by atoms with Crippen LogP contribution < -0.4 is 0 Å². The monoisotopic (exact) mass is 581 g/mol. The third-order valence-electron chi connectivity index (χ3n) is 6.76. The summed E-state index contributed by atoms with van der Waals surface area (Å²) in [6.07, 6.45) is -2.14. The fraction of sp³-hybridized carbons (Fsp3) is 0.233. The molecule has 0 amide bonds. The first kappa shape index (κ1) is 28.8. The molecule has 42 heavy (non-hydrogen) atoms. The molecule has 1 fully saturated rings. The largest absolute Gasteiger partial charge is 0.571 e. The van der Waals surface area contributed by atoms with Gasteiger partial charge in [-0.15, -0.1) is 0 Å². The van der Waals surface area contributed by atoms with E-state index >= 15 is 0 Å². The number of aliphatic hydroxyl groups excluding tert-OH is 5. The second kappa shape index (κ2) is 12.0. The summed E-state index contributed by atoms with van der Waals surface area (Å²) in [5.41, 5.74) is 1.39. The third-order valence-corrected chi connectivity index (χ3v) is 6.76. The second-order valence-corrected chi connectivity index (χ2v) is 9.74. The van der Waals surface area contributed by atoms with Crippen molar-refractivity contribution in [2.75, 3.05) is 6.61 Å². The summed E-state index contributed by atoms with van der Waals surface area (Å²) < 4.78 is 21.4. The molecule has 3 aliphatic rings. The zero-order valence-corrected chi connectivity index (χ0v) is 21.9. The number of aliphatic hydroxyl groups is 7. The Morgan fingerprint density at radius 3 is 2.24 bits per heavy atom. The molecule has 1 aliphatic carbocycles. The number of ether oxygens (including phenoxy) is 4. The van der Waals surface area contributed by atoms with Crippen LogP contribution in [-0.2, 0) is 19.0 Å². The first-order valence-electron chi connectivity index (χ1n) is 12.9. The van der Waals surface area contributed by atoms with Gasteiger partial charge >= 0.3 is 11.7 Å². The molecule has 12 nitrogen and oxygen atoms in total. The van der Waals surface area contributed by atoms with Crippen molar-refractivity contribution in [3.8, 4) is 11.5 Å². The summed E-state index contributed by atoms with van der Waals surface area (Å²) in [6.45, 7) is -0.492. The van der Waals surface area contributed by atoms with Gasteiger partial charge in [-0.1, -0.05) is 12.1 Å². The number of hydrogen-bond acceptors (Lipinski definition) is 11. The van der Waals surface area contributed by atoms with Crippen LogP contribution in [0.5, 0.6) is 11.5 Å². The topological polar surface area (TPSA) is 199 Å². The molecule has 2 aliphatic heterocycles. The smallest absolute Gasteiger partial charge is 0.330 e. The van der Waals surface area contributed by atoms with E-state index in [2.05, 4.69) is 4.74 Å². The molecular formula is C30H29O12+. The number of rotatable bonds is 7. The number of phenolic OH excluding ortho intramolecular Hbond substituents is 2. The average molecular weight is 582 g/mol. The average Bonchev–Trinajstić information content (AvgIpc) is 2.97. The summed E-state index contributed by atoms with van der Waals surface area (Å²) >= 11 is 0. The van der Waals surface area contributed by atoms with Crippen LogP contribution in [-0.4, -0.2) is 89.9 Å². The van der Waals surface area contributed by atoms with Gasteiger partial charge in [0.15, 0.2) is 0 Å². The third kappa shape index (κ3) is 6.26. The molecule has 2 aromatic carbocycles. The predicted molar refractivity (Wildman–Crippen MR) is 146 cm³/mol. The lowest BCUT2D eigenvalue weighted by Gasteiger charge is -2.40. The Morgan fingerprint density at radius 2 is 1.55 bits per heavy atom. The predicted octanol–water partition coefficient (Wildman–Crippen LogP) is 1.58. The van der Waals surface area contributed by atoms with E-state index in [0.29, 0.717) is 11.1 Å². The number of phenols is 2. The first-order chi connectivity index (χ1) is 20.1. The number of allylic oxidation sites excluding steroid dienone is 2. The zero-order valence-electron chi connectivity index (χ0n) is 21.9. The fourth-order valence-corrected chi connectivity index (χ4v) is 4.52. The van der Waals surface area contributed by atoms with Gasteiger partial charge in [0.05, 0.1) is 17.2 Å². The SMILES string of the molecule is O=C(C=Cc1ccc(O)cc1)OCC1OC(OC2=C(c3ccc(O)cc3)[OH+]C3C=C(O)C=C(O)C3=C2)C(O)C(O)C1O. The van der Waals surface area contributed by atoms with Gasteiger partial charge in [-0.2, -0.15) is 0 Å². The highest BCUT2D eigenvalue weighted by Gasteiger charge is 2.47. The molecule has 6 atom stereocenters. The second-order valence-electron chi connectivity index (χ2n) is 9.74. The van der Waals surface area contributed by atoms with Crippen LogP contribution in [0.1, 0.15) is 11.1 Å². The maximum Gasteiger partial charge on any atom is 0.330 e. The molecule has 2 heterocycles. The summed E-state index contributed by atoms with van der Waals surface area (Å²) in [4.78, 5) is 12.3. The van der Waals surface area contributed by atoms with Crippen molar-refractivity contribution in [3.05, 3.63) is 107 Å². The lowest BCUT2D eigenvalue weighted by molar-refractivity contribution is -0.291. The first-order valence-corrected chi connectivity index (χ1v) is 12.9. The van der Waals surface area contributed by atoms with Crippen molar-refractivity contribution in [1.82, 2.24) is 0 Å². The van der Waals surface area contributed by atoms with Crippen molar-refractivity contribution in [2.24, 2.45) is 0 Å². The van der Waals surface area contributed by atoms with Crippen LogP contribution in [0, 0.1) is 0 Å². The van der Waals surface area contributed by atoms with Crippen molar-refractivity contribution in [2.45, 2.75) is 36.8 Å². The van der Waals surface area contributed by atoms with Crippen LogP contribution >= 0.6 is 0 Å². The summed E-state index contributed by atoms with van der Waals surface area (Å²) in [6, 6.07) is 12.0. The van der Waals surface area contributed by atoms with E-state index in [4.69, 9.17) is 14.2 Å². The van der Waals surface area contributed by atoms with E-state index in [9.17, 15) is 40.5 Å². The van der Waals surface area contributed by atoms with Crippen molar-refractivity contribution in [1.29, 1.82) is 0 Å².